The molecule has 1 rings (SSSR count). The maximum Gasteiger partial charge on any atom is 0.328 e. The number of aryl methyl sites for hydroxylation is 1. The Morgan fingerprint density at radius 2 is 1.93 bits per heavy atom. The van der Waals surface area contributed by atoms with E-state index >= 15 is 0 Å². The van der Waals surface area contributed by atoms with Crippen LogP contribution < -0.4 is 4.74 Å². The van der Waals surface area contributed by atoms with Crippen molar-refractivity contribution in [1.29, 1.82) is 0 Å². The quantitative estimate of drug-likeness (QED) is 0.481. The van der Waals surface area contributed by atoms with Gasteiger partial charge in [0.25, 0.3) is 0 Å². The van der Waals surface area contributed by atoms with E-state index in [9.17, 15) is 9.59 Å². The summed E-state index contributed by atoms with van der Waals surface area (Å²) in [5.74, 6) is -0.882. The van der Waals surface area contributed by atoms with Crippen LogP contribution >= 0.6 is 16.3 Å². The highest BCUT2D eigenvalue weighted by Crippen LogP contribution is 2.16. The standard InChI is InChI=1S/C10H9BrO4/c1-7-4-2-3-5-8(7)14-9(12)6-10(13)15-11/h2-5H,6H2,1H3. The Labute approximate surface area is 95.6 Å². The fraction of sp³-hybridized carbons (Fsp3) is 0.200. The van der Waals surface area contributed by atoms with Crippen molar-refractivity contribution >= 4 is 28.2 Å². The molecule has 0 atom stereocenters. The van der Waals surface area contributed by atoms with E-state index in [1.54, 1.807) is 12.1 Å². The van der Waals surface area contributed by atoms with Crippen LogP contribution in [0.15, 0.2) is 24.3 Å². The number of halogens is 1. The second kappa shape index (κ2) is 5.50. The van der Waals surface area contributed by atoms with E-state index in [0.29, 0.717) is 5.75 Å². The van der Waals surface area contributed by atoms with Gasteiger partial charge in [0.05, 0.1) is 0 Å². The molecule has 0 aliphatic rings. The summed E-state index contributed by atoms with van der Waals surface area (Å²) >= 11 is 2.49. The minimum absolute atomic E-state index is 0.417. The van der Waals surface area contributed by atoms with Crippen LogP contribution in [-0.4, -0.2) is 11.9 Å². The average Bonchev–Trinajstić information content (AvgIpc) is 2.21. The van der Waals surface area contributed by atoms with Gasteiger partial charge in [0, 0.05) is 0 Å². The van der Waals surface area contributed by atoms with Gasteiger partial charge in [-0.05, 0) is 18.6 Å². The van der Waals surface area contributed by atoms with E-state index in [1.165, 1.54) is 0 Å². The number of carbonyl (C=O) groups is 2. The number of para-hydroxylation sites is 1. The van der Waals surface area contributed by atoms with Crippen molar-refractivity contribution in [1.82, 2.24) is 0 Å². The first-order chi connectivity index (χ1) is 7.13. The van der Waals surface area contributed by atoms with Crippen LogP contribution in [0.25, 0.3) is 0 Å². The van der Waals surface area contributed by atoms with Gasteiger partial charge in [-0.3, -0.25) is 9.59 Å². The Morgan fingerprint density at radius 3 is 2.53 bits per heavy atom. The second-order valence-corrected chi connectivity index (χ2v) is 3.19. The maximum absolute atomic E-state index is 11.2. The van der Waals surface area contributed by atoms with Gasteiger partial charge < -0.3 is 8.57 Å². The lowest BCUT2D eigenvalue weighted by atomic mass is 10.2. The molecule has 0 aliphatic carbocycles. The van der Waals surface area contributed by atoms with Gasteiger partial charge in [-0.2, -0.15) is 0 Å². The minimum atomic E-state index is -0.686. The number of benzene rings is 1. The van der Waals surface area contributed by atoms with Gasteiger partial charge in [-0.15, -0.1) is 0 Å². The van der Waals surface area contributed by atoms with E-state index < -0.39 is 18.4 Å². The molecule has 1 aromatic rings. The molecular formula is C10H9BrO4. The summed E-state index contributed by atoms with van der Waals surface area (Å²) < 4.78 is 9.12. The maximum atomic E-state index is 11.2. The van der Waals surface area contributed by atoms with Crippen LogP contribution in [0.5, 0.6) is 5.75 Å². The van der Waals surface area contributed by atoms with Crippen LogP contribution in [0, 0.1) is 6.92 Å². The molecule has 0 aliphatic heterocycles. The summed E-state index contributed by atoms with van der Waals surface area (Å²) in [6, 6.07) is 7.05. The van der Waals surface area contributed by atoms with E-state index in [4.69, 9.17) is 4.74 Å². The zero-order valence-corrected chi connectivity index (χ0v) is 9.61. The predicted molar refractivity (Wildman–Crippen MR) is 56.5 cm³/mol. The highest BCUT2D eigenvalue weighted by atomic mass is 79.9. The lowest BCUT2D eigenvalue weighted by Crippen LogP contribution is -2.14. The molecule has 0 unspecified atom stereocenters. The van der Waals surface area contributed by atoms with Gasteiger partial charge >= 0.3 is 11.9 Å². The molecule has 80 valence electrons. The van der Waals surface area contributed by atoms with Gasteiger partial charge in [0.2, 0.25) is 0 Å². The van der Waals surface area contributed by atoms with Crippen LogP contribution in [0.2, 0.25) is 0 Å². The van der Waals surface area contributed by atoms with Crippen molar-refractivity contribution in [3.63, 3.8) is 0 Å². The molecule has 0 saturated carbocycles. The van der Waals surface area contributed by atoms with E-state index in [-0.39, 0.29) is 0 Å². The van der Waals surface area contributed by atoms with Crippen molar-refractivity contribution in [2.75, 3.05) is 0 Å². The molecule has 0 spiro atoms. The monoisotopic (exact) mass is 272 g/mol. The molecule has 0 heterocycles. The Morgan fingerprint density at radius 1 is 1.27 bits per heavy atom. The van der Waals surface area contributed by atoms with Crippen LogP contribution in [0.4, 0.5) is 0 Å². The second-order valence-electron chi connectivity index (χ2n) is 2.87. The molecule has 0 aromatic heterocycles. The van der Waals surface area contributed by atoms with E-state index in [0.717, 1.165) is 5.56 Å². The van der Waals surface area contributed by atoms with Crippen molar-refractivity contribution < 1.29 is 18.2 Å². The van der Waals surface area contributed by atoms with Crippen molar-refractivity contribution in [3.8, 4) is 5.75 Å². The summed E-state index contributed by atoms with van der Waals surface area (Å²) in [5.41, 5.74) is 0.832. The summed E-state index contributed by atoms with van der Waals surface area (Å²) in [6.45, 7) is 1.81. The highest BCUT2D eigenvalue weighted by Gasteiger charge is 2.13. The molecule has 0 N–H and O–H groups in total. The molecule has 0 fully saturated rings. The Hall–Kier alpha value is -1.36. The third-order valence-corrected chi connectivity index (χ3v) is 2.05. The SMILES string of the molecule is Cc1ccccc1OC(=O)CC(=O)OBr. The molecule has 4 nitrogen and oxygen atoms in total. The number of hydrogen-bond acceptors (Lipinski definition) is 4. The normalized spacial score (nSPS) is 9.47. The third-order valence-electron chi connectivity index (χ3n) is 1.69. The molecule has 0 amide bonds. The van der Waals surface area contributed by atoms with Gasteiger partial charge in [-0.25, -0.2) is 0 Å². The fourth-order valence-corrected chi connectivity index (χ4v) is 1.09. The zero-order valence-electron chi connectivity index (χ0n) is 8.03. The summed E-state index contributed by atoms with van der Waals surface area (Å²) in [6.07, 6.45) is -0.417. The largest absolute Gasteiger partial charge is 0.426 e. The van der Waals surface area contributed by atoms with Crippen molar-refractivity contribution in [2.24, 2.45) is 0 Å². The lowest BCUT2D eigenvalue weighted by Gasteiger charge is -2.05. The Balaban J connectivity index is 2.59. The first-order valence-corrected chi connectivity index (χ1v) is 4.86. The van der Waals surface area contributed by atoms with Crippen LogP contribution in [0.3, 0.4) is 0 Å². The number of rotatable bonds is 3. The summed E-state index contributed by atoms with van der Waals surface area (Å²) in [4.78, 5) is 21.9. The van der Waals surface area contributed by atoms with Gasteiger partial charge in [0.15, 0.2) is 16.3 Å². The van der Waals surface area contributed by atoms with Crippen molar-refractivity contribution in [3.05, 3.63) is 29.8 Å². The third kappa shape index (κ3) is 3.71. The summed E-state index contributed by atoms with van der Waals surface area (Å²) in [7, 11) is 0. The molecular weight excluding hydrogens is 264 g/mol. The van der Waals surface area contributed by atoms with Gasteiger partial charge in [0.1, 0.15) is 12.2 Å². The zero-order chi connectivity index (χ0) is 11.3. The first kappa shape index (κ1) is 11.7. The molecule has 1 aromatic carbocycles. The Kier molecular flexibility index (Phi) is 4.30. The molecule has 0 bridgehead atoms. The molecule has 0 saturated heterocycles. The smallest absolute Gasteiger partial charge is 0.328 e. The minimum Gasteiger partial charge on any atom is -0.426 e. The summed E-state index contributed by atoms with van der Waals surface area (Å²) in [5, 5.41) is 0. The van der Waals surface area contributed by atoms with E-state index in [1.807, 2.05) is 19.1 Å². The Bertz CT molecular complexity index is 375. The number of esters is 1. The van der Waals surface area contributed by atoms with Gasteiger partial charge in [-0.1, -0.05) is 18.2 Å². The fourth-order valence-electron chi connectivity index (χ4n) is 0.975. The van der Waals surface area contributed by atoms with E-state index in [2.05, 4.69) is 20.1 Å². The highest BCUT2D eigenvalue weighted by molar-refractivity contribution is 9.06. The average molecular weight is 273 g/mol. The number of hydrogen-bond donors (Lipinski definition) is 0. The topological polar surface area (TPSA) is 52.6 Å². The van der Waals surface area contributed by atoms with Crippen LogP contribution in [-0.2, 0) is 13.4 Å². The van der Waals surface area contributed by atoms with Crippen molar-refractivity contribution in [2.45, 2.75) is 13.3 Å². The lowest BCUT2D eigenvalue weighted by molar-refractivity contribution is -0.143. The molecule has 5 heteroatoms. The number of ether oxygens (including phenoxy) is 1. The molecule has 0 radical (unpaired) electrons. The van der Waals surface area contributed by atoms with Crippen LogP contribution in [0.1, 0.15) is 12.0 Å². The first-order valence-electron chi connectivity index (χ1n) is 4.21. The molecule has 15 heavy (non-hydrogen) atoms. The number of carbonyl (C=O) groups excluding carboxylic acids is 2. The predicted octanol–water partition coefficient (Wildman–Crippen LogP) is 2.14.